The highest BCUT2D eigenvalue weighted by Crippen LogP contribution is 2.31. The number of methoxy groups -OCH3 is 1. The third kappa shape index (κ3) is 4.37. The summed E-state index contributed by atoms with van der Waals surface area (Å²) in [6.07, 6.45) is 0. The lowest BCUT2D eigenvalue weighted by atomic mass is 10.0. The fourth-order valence-corrected chi connectivity index (χ4v) is 2.88. The molecule has 3 rings (SSSR count). The number of nitro benzene ring substituents is 1. The highest BCUT2D eigenvalue weighted by molar-refractivity contribution is 5.83. The average Bonchev–Trinajstić information content (AvgIpc) is 2.71. The highest BCUT2D eigenvalue weighted by Gasteiger charge is 2.15. The van der Waals surface area contributed by atoms with Gasteiger partial charge in [0.1, 0.15) is 0 Å². The predicted molar refractivity (Wildman–Crippen MR) is 106 cm³/mol. The number of nitrogens with one attached hydrogen (secondary N) is 1. The molecule has 0 radical (unpaired) electrons. The van der Waals surface area contributed by atoms with Crippen LogP contribution in [-0.4, -0.2) is 24.5 Å². The topological polar surface area (TPSA) is 90.7 Å². The SMILES string of the molecule is COc1ccc([N+](=O)[O-])cc1OCC(=O)N[C@H](C)c1ccc2ccccc2c1. The van der Waals surface area contributed by atoms with Crippen molar-refractivity contribution >= 4 is 22.4 Å². The molecule has 7 nitrogen and oxygen atoms in total. The number of hydrogen-bond donors (Lipinski definition) is 1. The van der Waals surface area contributed by atoms with Crippen LogP contribution in [0.4, 0.5) is 5.69 Å². The van der Waals surface area contributed by atoms with E-state index < -0.39 is 4.92 Å². The third-order valence-electron chi connectivity index (χ3n) is 4.37. The fourth-order valence-electron chi connectivity index (χ4n) is 2.88. The van der Waals surface area contributed by atoms with Gasteiger partial charge in [0.2, 0.25) is 0 Å². The Bertz CT molecular complexity index is 1020. The van der Waals surface area contributed by atoms with Crippen molar-refractivity contribution in [2.24, 2.45) is 0 Å². The summed E-state index contributed by atoms with van der Waals surface area (Å²) in [5.74, 6) is 0.125. The molecule has 3 aromatic rings. The molecule has 7 heteroatoms. The largest absolute Gasteiger partial charge is 0.493 e. The standard InChI is InChI=1S/C21H20N2O5/c1-14(16-8-7-15-5-3-4-6-17(15)11-16)22-21(24)13-28-20-12-18(23(25)26)9-10-19(20)27-2/h3-12,14H,13H2,1-2H3,(H,22,24)/t14-/m1/s1. The number of nitro groups is 1. The van der Waals surface area contributed by atoms with Crippen LogP contribution in [0.1, 0.15) is 18.5 Å². The lowest BCUT2D eigenvalue weighted by Crippen LogP contribution is -2.31. The second kappa shape index (κ2) is 8.39. The molecule has 0 fully saturated rings. The minimum atomic E-state index is -0.534. The number of nitrogens with zero attached hydrogens (tertiary/aromatic N) is 1. The second-order valence-corrected chi connectivity index (χ2v) is 6.28. The van der Waals surface area contributed by atoms with Gasteiger partial charge in [-0.25, -0.2) is 0 Å². The summed E-state index contributed by atoms with van der Waals surface area (Å²) in [7, 11) is 1.43. The molecule has 3 aromatic carbocycles. The monoisotopic (exact) mass is 380 g/mol. The maximum absolute atomic E-state index is 12.3. The van der Waals surface area contributed by atoms with Crippen LogP contribution in [0.2, 0.25) is 0 Å². The van der Waals surface area contributed by atoms with Crippen LogP contribution in [0.5, 0.6) is 11.5 Å². The molecule has 0 aliphatic heterocycles. The Labute approximate surface area is 162 Å². The van der Waals surface area contributed by atoms with Gasteiger partial charge in [-0.2, -0.15) is 0 Å². The fraction of sp³-hybridized carbons (Fsp3) is 0.190. The quantitative estimate of drug-likeness (QED) is 0.494. The predicted octanol–water partition coefficient (Wildman–Crippen LogP) is 4.01. The molecule has 1 atom stereocenters. The number of carbonyl (C=O) groups is 1. The van der Waals surface area contributed by atoms with E-state index in [4.69, 9.17) is 9.47 Å². The smallest absolute Gasteiger partial charge is 0.273 e. The van der Waals surface area contributed by atoms with Crippen molar-refractivity contribution < 1.29 is 19.2 Å². The molecule has 0 aliphatic rings. The number of amides is 1. The maximum atomic E-state index is 12.3. The van der Waals surface area contributed by atoms with Gasteiger partial charge in [0.25, 0.3) is 11.6 Å². The molecule has 0 aliphatic carbocycles. The van der Waals surface area contributed by atoms with Crippen LogP contribution in [0.25, 0.3) is 10.8 Å². The zero-order chi connectivity index (χ0) is 20.1. The zero-order valence-corrected chi connectivity index (χ0v) is 15.5. The minimum absolute atomic E-state index is 0.138. The van der Waals surface area contributed by atoms with Crippen LogP contribution in [0.3, 0.4) is 0 Å². The van der Waals surface area contributed by atoms with Gasteiger partial charge >= 0.3 is 0 Å². The van der Waals surface area contributed by atoms with Gasteiger partial charge in [0.05, 0.1) is 24.1 Å². The van der Waals surface area contributed by atoms with Crippen molar-refractivity contribution in [2.75, 3.05) is 13.7 Å². The summed E-state index contributed by atoms with van der Waals surface area (Å²) in [6, 6.07) is 17.8. The van der Waals surface area contributed by atoms with Crippen LogP contribution in [0, 0.1) is 10.1 Å². The summed E-state index contributed by atoms with van der Waals surface area (Å²) in [6.45, 7) is 1.60. The number of fused-ring (bicyclic) bond motifs is 1. The molecule has 0 heterocycles. The number of rotatable bonds is 7. The Kier molecular flexibility index (Phi) is 5.74. The lowest BCUT2D eigenvalue weighted by Gasteiger charge is -2.16. The molecule has 0 unspecified atom stereocenters. The van der Waals surface area contributed by atoms with Crippen LogP contribution in [-0.2, 0) is 4.79 Å². The van der Waals surface area contributed by atoms with Gasteiger partial charge in [-0.05, 0) is 35.4 Å². The molecular weight excluding hydrogens is 360 g/mol. The molecule has 0 aromatic heterocycles. The summed E-state index contributed by atoms with van der Waals surface area (Å²) in [5.41, 5.74) is 0.834. The molecule has 0 spiro atoms. The highest BCUT2D eigenvalue weighted by atomic mass is 16.6. The molecule has 144 valence electrons. The normalized spacial score (nSPS) is 11.6. The van der Waals surface area contributed by atoms with Crippen molar-refractivity contribution in [1.82, 2.24) is 5.32 Å². The molecule has 0 saturated heterocycles. The van der Waals surface area contributed by atoms with E-state index >= 15 is 0 Å². The van der Waals surface area contributed by atoms with Crippen LogP contribution < -0.4 is 14.8 Å². The van der Waals surface area contributed by atoms with E-state index in [0.717, 1.165) is 16.3 Å². The van der Waals surface area contributed by atoms with E-state index in [9.17, 15) is 14.9 Å². The molecule has 1 amide bonds. The van der Waals surface area contributed by atoms with Crippen molar-refractivity contribution in [3.63, 3.8) is 0 Å². The van der Waals surface area contributed by atoms with E-state index in [1.807, 2.05) is 49.4 Å². The van der Waals surface area contributed by atoms with E-state index in [0.29, 0.717) is 5.75 Å². The first-order valence-electron chi connectivity index (χ1n) is 8.71. The maximum Gasteiger partial charge on any atom is 0.273 e. The summed E-state index contributed by atoms with van der Waals surface area (Å²) in [4.78, 5) is 22.7. The van der Waals surface area contributed by atoms with Gasteiger partial charge in [0, 0.05) is 6.07 Å². The Balaban J connectivity index is 1.65. The molecule has 28 heavy (non-hydrogen) atoms. The number of non-ortho nitro benzene ring substituents is 1. The summed E-state index contributed by atoms with van der Waals surface area (Å²) >= 11 is 0. The van der Waals surface area contributed by atoms with Crippen molar-refractivity contribution in [3.8, 4) is 11.5 Å². The molecular formula is C21H20N2O5. The van der Waals surface area contributed by atoms with Gasteiger partial charge in [-0.1, -0.05) is 36.4 Å². The number of ether oxygens (including phenoxy) is 2. The third-order valence-corrected chi connectivity index (χ3v) is 4.37. The molecule has 0 saturated carbocycles. The number of benzene rings is 3. The minimum Gasteiger partial charge on any atom is -0.493 e. The van der Waals surface area contributed by atoms with E-state index in [1.165, 1.54) is 25.3 Å². The van der Waals surface area contributed by atoms with Crippen molar-refractivity contribution in [3.05, 3.63) is 76.3 Å². The average molecular weight is 380 g/mol. The van der Waals surface area contributed by atoms with Gasteiger partial charge < -0.3 is 14.8 Å². The summed E-state index contributed by atoms with van der Waals surface area (Å²) < 4.78 is 10.6. The van der Waals surface area contributed by atoms with Crippen molar-refractivity contribution in [2.45, 2.75) is 13.0 Å². The van der Waals surface area contributed by atoms with E-state index in [2.05, 4.69) is 5.32 Å². The van der Waals surface area contributed by atoms with Crippen LogP contribution >= 0.6 is 0 Å². The van der Waals surface area contributed by atoms with Crippen molar-refractivity contribution in [1.29, 1.82) is 0 Å². The Morgan fingerprint density at radius 3 is 2.54 bits per heavy atom. The Hall–Kier alpha value is -3.61. The second-order valence-electron chi connectivity index (χ2n) is 6.28. The van der Waals surface area contributed by atoms with Gasteiger partial charge in [0.15, 0.2) is 18.1 Å². The first-order chi connectivity index (χ1) is 13.5. The zero-order valence-electron chi connectivity index (χ0n) is 15.5. The van der Waals surface area contributed by atoms with Gasteiger partial charge in [-0.3, -0.25) is 14.9 Å². The summed E-state index contributed by atoms with van der Waals surface area (Å²) in [5, 5.41) is 16.0. The van der Waals surface area contributed by atoms with Gasteiger partial charge in [-0.15, -0.1) is 0 Å². The molecule has 0 bridgehead atoms. The first kappa shape index (κ1) is 19.2. The van der Waals surface area contributed by atoms with E-state index in [1.54, 1.807) is 0 Å². The van der Waals surface area contributed by atoms with Crippen LogP contribution in [0.15, 0.2) is 60.7 Å². The Morgan fingerprint density at radius 2 is 1.82 bits per heavy atom. The first-order valence-corrected chi connectivity index (χ1v) is 8.71. The van der Waals surface area contributed by atoms with E-state index in [-0.39, 0.29) is 30.0 Å². The lowest BCUT2D eigenvalue weighted by molar-refractivity contribution is -0.385. The molecule has 1 N–H and O–H groups in total. The number of hydrogen-bond acceptors (Lipinski definition) is 5. The Morgan fingerprint density at radius 1 is 1.07 bits per heavy atom. The number of carbonyl (C=O) groups excluding carboxylic acids is 1.